The Labute approximate surface area is 166 Å². The molecule has 0 spiro atoms. The largest absolute Gasteiger partial charge is 0.502 e. The van der Waals surface area contributed by atoms with E-state index in [1.54, 1.807) is 24.3 Å². The van der Waals surface area contributed by atoms with Gasteiger partial charge in [0.1, 0.15) is 12.0 Å². The van der Waals surface area contributed by atoms with Crippen LogP contribution in [0.5, 0.6) is 5.75 Å². The van der Waals surface area contributed by atoms with E-state index in [4.69, 9.17) is 21.1 Å². The van der Waals surface area contributed by atoms with Crippen LogP contribution >= 0.6 is 34.7 Å². The molecule has 0 aliphatic rings. The number of nitrogens with zero attached hydrogens (tertiary/aromatic N) is 2. The minimum atomic E-state index is -0.506. The maximum atomic E-state index is 12.0. The van der Waals surface area contributed by atoms with Crippen LogP contribution in [0, 0.1) is 0 Å². The molecule has 3 aromatic rings. The summed E-state index contributed by atoms with van der Waals surface area (Å²) in [6.45, 7) is 0. The molecule has 1 amide bonds. The molecular weight excluding hydrogens is 410 g/mol. The molecule has 0 saturated carbocycles. The monoisotopic (exact) mass is 421 g/mol. The molecule has 2 heterocycles. The van der Waals surface area contributed by atoms with E-state index in [-0.39, 0.29) is 5.91 Å². The van der Waals surface area contributed by atoms with Gasteiger partial charge in [-0.3, -0.25) is 14.9 Å². The topological polar surface area (TPSA) is 105 Å². The maximum absolute atomic E-state index is 12.0. The highest BCUT2D eigenvalue weighted by molar-refractivity contribution is 8.00. The molecular formula is C17H12ClN3O4S2. The van der Waals surface area contributed by atoms with E-state index >= 15 is 0 Å². The molecule has 27 heavy (non-hydrogen) atoms. The number of aromatic hydroxyl groups is 1. The lowest BCUT2D eigenvalue weighted by atomic mass is 10.2. The quantitative estimate of drug-likeness (QED) is 0.354. The summed E-state index contributed by atoms with van der Waals surface area (Å²) in [5.74, 6) is -0.0389. The van der Waals surface area contributed by atoms with Crippen LogP contribution in [0.15, 0.2) is 56.2 Å². The molecule has 138 valence electrons. The van der Waals surface area contributed by atoms with Gasteiger partial charge in [0.2, 0.25) is 16.5 Å². The number of carbonyl (C=O) groups excluding carboxylic acids is 1. The average Bonchev–Trinajstić information content (AvgIpc) is 3.08. The summed E-state index contributed by atoms with van der Waals surface area (Å²) in [4.78, 5) is 23.3. The van der Waals surface area contributed by atoms with E-state index in [9.17, 15) is 9.59 Å². The van der Waals surface area contributed by atoms with E-state index in [2.05, 4.69) is 15.5 Å². The van der Waals surface area contributed by atoms with Gasteiger partial charge in [0.25, 0.3) is 0 Å². The number of hydrogen-bond donors (Lipinski definition) is 2. The molecule has 0 saturated heterocycles. The van der Waals surface area contributed by atoms with Crippen LogP contribution in [0.1, 0.15) is 11.3 Å². The number of rotatable bonds is 6. The first-order valence-corrected chi connectivity index (χ1v) is 9.69. The number of thioether (sulfide) groups is 1. The Bertz CT molecular complexity index is 1050. The lowest BCUT2D eigenvalue weighted by Crippen LogP contribution is -2.07. The molecule has 0 radical (unpaired) electrons. The molecule has 10 heteroatoms. The Morgan fingerprint density at radius 3 is 3.00 bits per heavy atom. The average molecular weight is 422 g/mol. The fourth-order valence-electron chi connectivity index (χ4n) is 1.90. The molecule has 7 nitrogen and oxygen atoms in total. The number of benzene rings is 1. The fraction of sp³-hybridized carbons (Fsp3) is 0.0588. The van der Waals surface area contributed by atoms with Crippen molar-refractivity contribution in [2.24, 2.45) is 0 Å². The summed E-state index contributed by atoms with van der Waals surface area (Å²) in [6.07, 6.45) is 4.02. The number of halogens is 1. The summed E-state index contributed by atoms with van der Waals surface area (Å²) in [5.41, 5.74) is 0.301. The first-order valence-electron chi connectivity index (χ1n) is 7.51. The van der Waals surface area contributed by atoms with Crippen LogP contribution in [0.2, 0.25) is 5.02 Å². The Morgan fingerprint density at radius 2 is 2.22 bits per heavy atom. The Morgan fingerprint density at radius 1 is 1.37 bits per heavy atom. The van der Waals surface area contributed by atoms with E-state index < -0.39 is 11.2 Å². The summed E-state index contributed by atoms with van der Waals surface area (Å²) in [7, 11) is 0. The molecule has 0 bridgehead atoms. The van der Waals surface area contributed by atoms with Gasteiger partial charge in [0, 0.05) is 17.2 Å². The fourth-order valence-corrected chi connectivity index (χ4v) is 3.74. The second-order valence-corrected chi connectivity index (χ2v) is 7.77. The van der Waals surface area contributed by atoms with Gasteiger partial charge >= 0.3 is 0 Å². The predicted octanol–water partition coefficient (Wildman–Crippen LogP) is 3.79. The molecule has 0 fully saturated rings. The van der Waals surface area contributed by atoms with Crippen LogP contribution in [-0.2, 0) is 10.5 Å². The molecule has 1 aromatic carbocycles. The van der Waals surface area contributed by atoms with Gasteiger partial charge in [0.15, 0.2) is 10.1 Å². The van der Waals surface area contributed by atoms with Gasteiger partial charge in [-0.2, -0.15) is 0 Å². The van der Waals surface area contributed by atoms with Gasteiger partial charge in [-0.1, -0.05) is 46.8 Å². The number of amides is 1. The van der Waals surface area contributed by atoms with Crippen molar-refractivity contribution in [2.75, 3.05) is 5.32 Å². The second kappa shape index (κ2) is 8.85. The maximum Gasteiger partial charge on any atom is 0.250 e. The zero-order valence-corrected chi connectivity index (χ0v) is 16.0. The lowest BCUT2D eigenvalue weighted by Gasteiger charge is -1.97. The minimum Gasteiger partial charge on any atom is -0.502 e. The second-order valence-electron chi connectivity index (χ2n) is 5.14. The SMILES string of the molecule is O=C(/C=C/c1cccc(Cl)c1)Nc1nnc(SCc2cc(=O)c(O)co2)s1. The van der Waals surface area contributed by atoms with E-state index in [0.29, 0.717) is 26.0 Å². The zero-order valence-electron chi connectivity index (χ0n) is 13.6. The van der Waals surface area contributed by atoms with Crippen LogP contribution < -0.4 is 10.7 Å². The van der Waals surface area contributed by atoms with Crippen LogP contribution in [0.25, 0.3) is 6.08 Å². The number of nitrogens with one attached hydrogen (secondary N) is 1. The molecule has 0 aliphatic heterocycles. The van der Waals surface area contributed by atoms with Crippen molar-refractivity contribution >= 4 is 51.8 Å². The van der Waals surface area contributed by atoms with E-state index in [0.717, 1.165) is 11.8 Å². The third-order valence-corrected chi connectivity index (χ3v) is 5.35. The first kappa shape index (κ1) is 19.2. The number of aromatic nitrogens is 2. The van der Waals surface area contributed by atoms with Gasteiger partial charge in [-0.25, -0.2) is 0 Å². The summed E-state index contributed by atoms with van der Waals surface area (Å²) >= 11 is 8.38. The first-order chi connectivity index (χ1) is 13.0. The van der Waals surface area contributed by atoms with Crippen LogP contribution in [-0.4, -0.2) is 21.2 Å². The molecule has 3 rings (SSSR count). The van der Waals surface area contributed by atoms with Gasteiger partial charge < -0.3 is 9.52 Å². The normalized spacial score (nSPS) is 11.0. The van der Waals surface area contributed by atoms with Gasteiger partial charge in [0.05, 0.1) is 5.75 Å². The third kappa shape index (κ3) is 5.68. The van der Waals surface area contributed by atoms with Crippen molar-refractivity contribution in [1.82, 2.24) is 10.2 Å². The van der Waals surface area contributed by atoms with Crippen LogP contribution in [0.4, 0.5) is 5.13 Å². The van der Waals surface area contributed by atoms with Crippen LogP contribution in [0.3, 0.4) is 0 Å². The van der Waals surface area contributed by atoms with Crippen molar-refractivity contribution in [3.8, 4) is 5.75 Å². The number of anilines is 1. The third-order valence-electron chi connectivity index (χ3n) is 3.12. The molecule has 2 aromatic heterocycles. The highest BCUT2D eigenvalue weighted by atomic mass is 35.5. The highest BCUT2D eigenvalue weighted by Gasteiger charge is 2.09. The summed E-state index contributed by atoms with van der Waals surface area (Å²) < 4.78 is 5.71. The van der Waals surface area contributed by atoms with Crippen molar-refractivity contribution in [3.63, 3.8) is 0 Å². The summed E-state index contributed by atoms with van der Waals surface area (Å²) in [5, 5.41) is 20.6. The van der Waals surface area contributed by atoms with E-state index in [1.165, 1.54) is 35.2 Å². The molecule has 2 N–H and O–H groups in total. The van der Waals surface area contributed by atoms with Gasteiger partial charge in [-0.05, 0) is 23.8 Å². The van der Waals surface area contributed by atoms with Crippen molar-refractivity contribution in [3.05, 3.63) is 69.2 Å². The lowest BCUT2D eigenvalue weighted by molar-refractivity contribution is -0.111. The summed E-state index contributed by atoms with van der Waals surface area (Å²) in [6, 6.07) is 8.34. The standard InChI is InChI=1S/C17H12ClN3O4S2/c18-11-3-1-2-10(6-11)4-5-15(24)19-16-20-21-17(27-16)26-9-12-7-13(22)14(23)8-25-12/h1-8,23H,9H2,(H,19,20,24)/b5-4+. The van der Waals surface area contributed by atoms with E-state index in [1.807, 2.05) is 6.07 Å². The number of carbonyl (C=O) groups is 1. The molecule has 0 aliphatic carbocycles. The molecule has 0 atom stereocenters. The zero-order chi connectivity index (χ0) is 19.2. The van der Waals surface area contributed by atoms with Gasteiger partial charge in [-0.15, -0.1) is 10.2 Å². The smallest absolute Gasteiger partial charge is 0.250 e. The predicted molar refractivity (Wildman–Crippen MR) is 105 cm³/mol. The molecule has 0 unspecified atom stereocenters. The van der Waals surface area contributed by atoms with Crippen molar-refractivity contribution in [1.29, 1.82) is 0 Å². The van der Waals surface area contributed by atoms with Crippen molar-refractivity contribution in [2.45, 2.75) is 10.1 Å². The highest BCUT2D eigenvalue weighted by Crippen LogP contribution is 2.28. The Kier molecular flexibility index (Phi) is 6.28. The Hall–Kier alpha value is -2.62. The Balaban J connectivity index is 1.54. The van der Waals surface area contributed by atoms with Crippen molar-refractivity contribution < 1.29 is 14.3 Å². The number of hydrogen-bond acceptors (Lipinski definition) is 8. The minimum absolute atomic E-state index is 0.340.